The van der Waals surface area contributed by atoms with Crippen LogP contribution in [0.2, 0.25) is 0 Å². The fraction of sp³-hybridized carbons (Fsp3) is 0.450. The minimum Gasteiger partial charge on any atom is -0.307 e. The van der Waals surface area contributed by atoms with Crippen LogP contribution in [0.1, 0.15) is 64.1 Å². The molecule has 0 amide bonds. The molecule has 5 nitrogen and oxygen atoms in total. The first-order chi connectivity index (χ1) is 12.2. The first-order valence-electron chi connectivity index (χ1n) is 9.06. The highest BCUT2D eigenvalue weighted by molar-refractivity contribution is 6.13. The minimum atomic E-state index is 0.365. The number of aliphatic imine (C=N–C) groups is 1. The number of allylic oxidation sites excluding steroid dienone is 4. The highest BCUT2D eigenvalue weighted by atomic mass is 15.3. The summed E-state index contributed by atoms with van der Waals surface area (Å²) in [6, 6.07) is 0. The van der Waals surface area contributed by atoms with Gasteiger partial charge in [0.05, 0.1) is 24.2 Å². The average molecular weight is 339 g/mol. The number of nitrogens with zero attached hydrogens (tertiary/aromatic N) is 3. The zero-order valence-electron chi connectivity index (χ0n) is 15.7. The van der Waals surface area contributed by atoms with Crippen molar-refractivity contribution in [2.24, 2.45) is 10.1 Å². The van der Waals surface area contributed by atoms with E-state index in [9.17, 15) is 0 Å². The summed E-state index contributed by atoms with van der Waals surface area (Å²) in [5, 5.41) is 11.6. The number of aromatic nitrogens is 2. The van der Waals surface area contributed by atoms with Gasteiger partial charge in [-0.1, -0.05) is 45.4 Å². The van der Waals surface area contributed by atoms with Gasteiger partial charge in [-0.2, -0.15) is 10.2 Å². The normalized spacial score (nSPS) is 19.6. The van der Waals surface area contributed by atoms with Crippen molar-refractivity contribution in [3.8, 4) is 0 Å². The summed E-state index contributed by atoms with van der Waals surface area (Å²) in [6.45, 7) is 9.32. The molecule has 2 rings (SSSR count). The SMILES string of the molecule is C/C=C(CCC)/C(=N/C1=C/C/C=N\NCC=C1)c1cn[nH]c1C(C)C. The molecule has 0 spiro atoms. The number of H-pyrrole nitrogens is 1. The molecular formula is C20H29N5. The standard InChI is InChI=1S/C20H29N5/c1-5-9-16(6-2)20(18-14-23-25-19(18)15(3)4)24-17-10-7-12-21-22-13-8-11-17/h6-7,10-11,13-15,21H,5,8-9,12H2,1-4H3,(H,23,25)/b10-7?,16-6+,17-11+,22-13-,24-20-. The monoisotopic (exact) mass is 339 g/mol. The molecule has 2 N–H and O–H groups in total. The smallest absolute Gasteiger partial charge is 0.0772 e. The van der Waals surface area contributed by atoms with E-state index in [0.29, 0.717) is 12.5 Å². The fourth-order valence-corrected chi connectivity index (χ4v) is 2.75. The molecule has 0 fully saturated rings. The molecule has 2 heterocycles. The lowest BCUT2D eigenvalue weighted by molar-refractivity contribution is 0.808. The molecule has 134 valence electrons. The largest absolute Gasteiger partial charge is 0.307 e. The molecule has 0 aliphatic carbocycles. The third-order valence-electron chi connectivity index (χ3n) is 4.03. The Labute approximate surface area is 150 Å². The topological polar surface area (TPSA) is 65.4 Å². The van der Waals surface area contributed by atoms with E-state index < -0.39 is 0 Å². The minimum absolute atomic E-state index is 0.365. The van der Waals surface area contributed by atoms with Crippen LogP contribution in [0, 0.1) is 0 Å². The Hall–Kier alpha value is -2.43. The van der Waals surface area contributed by atoms with Gasteiger partial charge < -0.3 is 5.43 Å². The number of hydrogen-bond acceptors (Lipinski definition) is 4. The molecule has 0 radical (unpaired) electrons. The molecule has 1 aliphatic rings. The van der Waals surface area contributed by atoms with Crippen molar-refractivity contribution in [2.75, 3.05) is 6.54 Å². The molecule has 1 aromatic rings. The van der Waals surface area contributed by atoms with Crippen molar-refractivity contribution >= 4 is 11.9 Å². The molecular weight excluding hydrogens is 310 g/mol. The molecule has 25 heavy (non-hydrogen) atoms. The molecule has 0 saturated heterocycles. The van der Waals surface area contributed by atoms with Crippen LogP contribution in [-0.2, 0) is 0 Å². The van der Waals surface area contributed by atoms with E-state index in [2.05, 4.69) is 66.6 Å². The molecule has 5 heteroatoms. The maximum Gasteiger partial charge on any atom is 0.0772 e. The van der Waals surface area contributed by atoms with Crippen molar-refractivity contribution in [1.82, 2.24) is 15.6 Å². The number of rotatable bonds is 6. The summed E-state index contributed by atoms with van der Waals surface area (Å²) in [5.41, 5.74) is 8.43. The second-order valence-electron chi connectivity index (χ2n) is 6.32. The number of hydrogen-bond donors (Lipinski definition) is 2. The molecule has 0 aromatic carbocycles. The van der Waals surface area contributed by atoms with Gasteiger partial charge in [0.15, 0.2) is 0 Å². The highest BCUT2D eigenvalue weighted by Gasteiger charge is 2.17. The van der Waals surface area contributed by atoms with Gasteiger partial charge in [0.2, 0.25) is 0 Å². The molecule has 0 saturated carbocycles. The summed E-state index contributed by atoms with van der Waals surface area (Å²) in [6.07, 6.45) is 15.0. The highest BCUT2D eigenvalue weighted by Crippen LogP contribution is 2.23. The van der Waals surface area contributed by atoms with Crippen LogP contribution >= 0.6 is 0 Å². The fourth-order valence-electron chi connectivity index (χ4n) is 2.75. The molecule has 0 unspecified atom stereocenters. The quantitative estimate of drug-likeness (QED) is 0.750. The number of nitrogens with one attached hydrogen (secondary N) is 2. The van der Waals surface area contributed by atoms with Gasteiger partial charge in [0.25, 0.3) is 0 Å². The summed E-state index contributed by atoms with van der Waals surface area (Å²) < 4.78 is 0. The third kappa shape index (κ3) is 5.28. The maximum absolute atomic E-state index is 5.03. The summed E-state index contributed by atoms with van der Waals surface area (Å²) in [5.74, 6) is 0.365. The van der Waals surface area contributed by atoms with Gasteiger partial charge in [-0.15, -0.1) is 0 Å². The lowest BCUT2D eigenvalue weighted by Gasteiger charge is -2.13. The predicted octanol–water partition coefficient (Wildman–Crippen LogP) is 4.49. The van der Waals surface area contributed by atoms with Crippen molar-refractivity contribution in [3.05, 3.63) is 53.0 Å². The van der Waals surface area contributed by atoms with Gasteiger partial charge in [-0.05, 0) is 30.9 Å². The average Bonchev–Trinajstić information content (AvgIpc) is 3.12. The van der Waals surface area contributed by atoms with Crippen molar-refractivity contribution in [2.45, 2.75) is 52.9 Å². The summed E-state index contributed by atoms with van der Waals surface area (Å²) in [4.78, 5) is 5.03. The lowest BCUT2D eigenvalue weighted by Crippen LogP contribution is -2.09. The molecule has 1 aromatic heterocycles. The number of hydrazone groups is 1. The van der Waals surface area contributed by atoms with E-state index in [1.165, 1.54) is 5.57 Å². The van der Waals surface area contributed by atoms with Crippen LogP contribution in [0.5, 0.6) is 0 Å². The zero-order valence-corrected chi connectivity index (χ0v) is 15.7. The van der Waals surface area contributed by atoms with Gasteiger partial charge in [-0.25, -0.2) is 4.99 Å². The first kappa shape index (κ1) is 18.9. The van der Waals surface area contributed by atoms with Crippen LogP contribution in [0.3, 0.4) is 0 Å². The Morgan fingerprint density at radius 2 is 2.24 bits per heavy atom. The Kier molecular flexibility index (Phi) is 7.38. The molecule has 0 bridgehead atoms. The van der Waals surface area contributed by atoms with E-state index in [1.54, 1.807) is 0 Å². The second kappa shape index (κ2) is 9.77. The van der Waals surface area contributed by atoms with Gasteiger partial charge in [0, 0.05) is 23.9 Å². The van der Waals surface area contributed by atoms with Crippen molar-refractivity contribution in [3.63, 3.8) is 0 Å². The second-order valence-corrected chi connectivity index (χ2v) is 6.32. The van der Waals surface area contributed by atoms with Crippen molar-refractivity contribution in [1.29, 1.82) is 0 Å². The van der Waals surface area contributed by atoms with E-state index >= 15 is 0 Å². The first-order valence-corrected chi connectivity index (χ1v) is 9.06. The van der Waals surface area contributed by atoms with Crippen LogP contribution in [0.4, 0.5) is 0 Å². The zero-order chi connectivity index (χ0) is 18.1. The number of aromatic amines is 1. The predicted molar refractivity (Wildman–Crippen MR) is 106 cm³/mol. The van der Waals surface area contributed by atoms with Gasteiger partial charge in [0.1, 0.15) is 0 Å². The molecule has 0 atom stereocenters. The van der Waals surface area contributed by atoms with Gasteiger partial charge >= 0.3 is 0 Å². The van der Waals surface area contributed by atoms with Crippen LogP contribution < -0.4 is 5.43 Å². The Morgan fingerprint density at radius 1 is 1.40 bits per heavy atom. The van der Waals surface area contributed by atoms with E-state index in [0.717, 1.165) is 41.9 Å². The van der Waals surface area contributed by atoms with Crippen LogP contribution in [0.25, 0.3) is 0 Å². The Balaban J connectivity index is 2.52. The van der Waals surface area contributed by atoms with E-state index in [1.807, 2.05) is 18.5 Å². The molecule has 1 aliphatic heterocycles. The van der Waals surface area contributed by atoms with Crippen LogP contribution in [0.15, 0.2) is 51.9 Å². The Morgan fingerprint density at radius 3 is 2.96 bits per heavy atom. The Bertz CT molecular complexity index is 701. The van der Waals surface area contributed by atoms with E-state index in [-0.39, 0.29) is 0 Å². The van der Waals surface area contributed by atoms with Gasteiger partial charge in [-0.3, -0.25) is 5.10 Å². The van der Waals surface area contributed by atoms with Crippen molar-refractivity contribution < 1.29 is 0 Å². The summed E-state index contributed by atoms with van der Waals surface area (Å²) >= 11 is 0. The van der Waals surface area contributed by atoms with Crippen LogP contribution in [-0.4, -0.2) is 28.7 Å². The third-order valence-corrected chi connectivity index (χ3v) is 4.03. The maximum atomic E-state index is 5.03. The lowest BCUT2D eigenvalue weighted by atomic mass is 9.95. The van der Waals surface area contributed by atoms with E-state index in [4.69, 9.17) is 4.99 Å². The summed E-state index contributed by atoms with van der Waals surface area (Å²) in [7, 11) is 0.